The number of ketones is 3. The average molecular weight is 916 g/mol. The van der Waals surface area contributed by atoms with Crippen molar-refractivity contribution in [2.24, 2.45) is 35.5 Å². The summed E-state index contributed by atoms with van der Waals surface area (Å²) in [5, 5.41) is 22.4. The van der Waals surface area contributed by atoms with E-state index in [-0.39, 0.29) is 60.4 Å². The topological polar surface area (TPSA) is 175 Å². The first-order chi connectivity index (χ1) is 30.7. The van der Waals surface area contributed by atoms with Crippen LogP contribution in [0.3, 0.4) is 0 Å². The number of hydrogen-bond donors (Lipinski definition) is 2. The number of esters is 1. The quantitative estimate of drug-likeness (QED) is 0.157. The molecule has 1 aliphatic carbocycles. The lowest BCUT2D eigenvalue weighted by molar-refractivity contribution is -0.265. The lowest BCUT2D eigenvalue weighted by atomic mass is 9.78. The number of ether oxygens (including phenoxy) is 5. The molecule has 2 saturated heterocycles. The fraction of sp³-hybridized carbons (Fsp3) is 0.745. The molecule has 366 valence electrons. The van der Waals surface area contributed by atoms with E-state index in [0.717, 1.165) is 5.57 Å². The number of rotatable bonds is 6. The van der Waals surface area contributed by atoms with E-state index >= 15 is 4.39 Å². The number of aliphatic hydroxyl groups is 2. The van der Waals surface area contributed by atoms with Crippen LogP contribution < -0.4 is 0 Å². The van der Waals surface area contributed by atoms with E-state index in [1.807, 2.05) is 51.2 Å². The van der Waals surface area contributed by atoms with Crippen LogP contribution in [0.2, 0.25) is 0 Å². The molecule has 3 aliphatic heterocycles. The fourth-order valence-electron chi connectivity index (χ4n) is 10.1. The third kappa shape index (κ3) is 14.3. The number of amides is 1. The highest BCUT2D eigenvalue weighted by Crippen LogP contribution is 2.38. The number of halogens is 1. The highest BCUT2D eigenvalue weighted by atomic mass is 19.1. The first-order valence-corrected chi connectivity index (χ1v) is 23.9. The summed E-state index contributed by atoms with van der Waals surface area (Å²) in [5.41, 5.74) is 1.03. The number of fused-ring (bicyclic) bond motifs is 3. The molecule has 3 fully saturated rings. The number of allylic oxidation sites excluding steroid dienone is 6. The molecule has 4 rings (SSSR count). The van der Waals surface area contributed by atoms with Crippen molar-refractivity contribution < 1.29 is 62.3 Å². The minimum Gasteiger partial charge on any atom is -0.460 e. The summed E-state index contributed by atoms with van der Waals surface area (Å²) in [6.07, 6.45) is 9.94. The Balaban J connectivity index is 1.70. The number of hydrogen-bond acceptors (Lipinski definition) is 12. The van der Waals surface area contributed by atoms with Gasteiger partial charge in [0, 0.05) is 58.5 Å². The Bertz CT molecular complexity index is 1760. The zero-order valence-corrected chi connectivity index (χ0v) is 40.5. The molecular formula is C51H78FNO12. The minimum absolute atomic E-state index is 0.0215. The summed E-state index contributed by atoms with van der Waals surface area (Å²) >= 11 is 0. The number of Topliss-reactive ketones (excluding diaryl/α,β-unsaturated/α-hetero) is 3. The number of aliphatic hydroxyl groups excluding tert-OH is 1. The number of nitrogens with zero attached hydrogens (tertiary/aromatic N) is 1. The highest BCUT2D eigenvalue weighted by Gasteiger charge is 2.53. The second-order valence-corrected chi connectivity index (χ2v) is 19.5. The zero-order chi connectivity index (χ0) is 48.2. The Kier molecular flexibility index (Phi) is 20.9. The molecule has 4 aliphatic rings. The predicted molar refractivity (Wildman–Crippen MR) is 244 cm³/mol. The monoisotopic (exact) mass is 916 g/mol. The molecule has 0 aromatic carbocycles. The lowest BCUT2D eigenvalue weighted by Crippen LogP contribution is -2.61. The molecule has 3 heterocycles. The molecule has 2 N–H and O–H groups in total. The molecular weight excluding hydrogens is 838 g/mol. The second-order valence-electron chi connectivity index (χ2n) is 19.5. The Morgan fingerprint density at radius 2 is 1.60 bits per heavy atom. The van der Waals surface area contributed by atoms with Crippen molar-refractivity contribution in [3.8, 4) is 0 Å². The number of alkyl halides is 1. The van der Waals surface area contributed by atoms with Crippen LogP contribution in [0.1, 0.15) is 126 Å². The molecule has 14 heteroatoms. The van der Waals surface area contributed by atoms with Gasteiger partial charge in [-0.05, 0) is 107 Å². The fourth-order valence-corrected chi connectivity index (χ4v) is 10.1. The van der Waals surface area contributed by atoms with E-state index < -0.39 is 83.9 Å². The van der Waals surface area contributed by atoms with Gasteiger partial charge in [-0.25, -0.2) is 9.18 Å². The molecule has 0 aromatic heterocycles. The number of carbonyl (C=O) groups excluding carboxylic acids is 5. The van der Waals surface area contributed by atoms with Crippen molar-refractivity contribution >= 4 is 29.2 Å². The largest absolute Gasteiger partial charge is 0.460 e. The molecule has 0 spiro atoms. The molecule has 2 bridgehead atoms. The smallest absolute Gasteiger partial charge is 0.329 e. The van der Waals surface area contributed by atoms with Crippen LogP contribution in [0.25, 0.3) is 0 Å². The van der Waals surface area contributed by atoms with Crippen LogP contribution >= 0.6 is 0 Å². The summed E-state index contributed by atoms with van der Waals surface area (Å²) in [7, 11) is 4.42. The molecule has 1 saturated carbocycles. The van der Waals surface area contributed by atoms with E-state index in [9.17, 15) is 34.2 Å². The molecule has 15 atom stereocenters. The van der Waals surface area contributed by atoms with Crippen LogP contribution in [0.5, 0.6) is 0 Å². The van der Waals surface area contributed by atoms with Gasteiger partial charge in [-0.15, -0.1) is 0 Å². The summed E-state index contributed by atoms with van der Waals surface area (Å²) < 4.78 is 45.4. The van der Waals surface area contributed by atoms with Crippen LogP contribution in [0.4, 0.5) is 4.39 Å². The van der Waals surface area contributed by atoms with E-state index in [4.69, 9.17) is 23.7 Å². The van der Waals surface area contributed by atoms with Crippen molar-refractivity contribution in [1.82, 2.24) is 4.90 Å². The van der Waals surface area contributed by atoms with Gasteiger partial charge in [-0.2, -0.15) is 0 Å². The number of piperidine rings is 1. The molecule has 0 aromatic rings. The van der Waals surface area contributed by atoms with Crippen LogP contribution in [-0.4, -0.2) is 127 Å². The lowest BCUT2D eigenvalue weighted by Gasteiger charge is -2.42. The first kappa shape index (κ1) is 54.2. The molecule has 1 amide bonds. The average Bonchev–Trinajstić information content (AvgIpc) is 3.28. The van der Waals surface area contributed by atoms with Crippen molar-refractivity contribution in [3.05, 3.63) is 47.6 Å². The van der Waals surface area contributed by atoms with Crippen molar-refractivity contribution in [2.75, 3.05) is 27.9 Å². The minimum atomic E-state index is -2.44. The van der Waals surface area contributed by atoms with Crippen LogP contribution in [-0.2, 0) is 47.7 Å². The van der Waals surface area contributed by atoms with Crippen LogP contribution in [0, 0.1) is 35.5 Å². The van der Waals surface area contributed by atoms with Gasteiger partial charge in [0.2, 0.25) is 5.79 Å². The van der Waals surface area contributed by atoms with Crippen molar-refractivity contribution in [3.63, 3.8) is 0 Å². The Hall–Kier alpha value is -3.40. The van der Waals surface area contributed by atoms with Gasteiger partial charge in [-0.1, -0.05) is 71.1 Å². The van der Waals surface area contributed by atoms with Gasteiger partial charge in [0.25, 0.3) is 11.7 Å². The molecule has 7 unspecified atom stereocenters. The normalized spacial score (nSPS) is 40.4. The highest BCUT2D eigenvalue weighted by molar-refractivity contribution is 6.39. The summed E-state index contributed by atoms with van der Waals surface area (Å²) in [5.74, 6) is -8.44. The van der Waals surface area contributed by atoms with E-state index in [2.05, 4.69) is 0 Å². The van der Waals surface area contributed by atoms with Crippen molar-refractivity contribution in [1.29, 1.82) is 0 Å². The van der Waals surface area contributed by atoms with Gasteiger partial charge >= 0.3 is 5.97 Å². The third-order valence-corrected chi connectivity index (χ3v) is 14.4. The van der Waals surface area contributed by atoms with E-state index in [1.54, 1.807) is 35.0 Å². The van der Waals surface area contributed by atoms with E-state index in [1.165, 1.54) is 25.0 Å². The van der Waals surface area contributed by atoms with Gasteiger partial charge in [0.15, 0.2) is 18.1 Å². The molecule has 0 radical (unpaired) electrons. The number of methoxy groups -OCH3 is 3. The predicted octanol–water partition coefficient (Wildman–Crippen LogP) is 7.16. The Morgan fingerprint density at radius 3 is 2.28 bits per heavy atom. The standard InChI is InChI=1S/C51H78FNO12/c1-30-16-12-11-13-17-31(2)42(61-8)28-38-21-19-36(7)51(60,65-38)48(57)49(58)53-23-15-14-18-39(53)50(59)64-43(33(4)26-37-20-22-40(54)44(27-37)62-9)29-41(55)32(3)25-34(5)45(52)47(63-10)46(56)35(6)24-30/h11-13,16-17,25,30,32-33,35-40,42-45,47,54,60H,14-15,18-24,26-29H2,1-10H3/b13-11+,16-12+,31-17+,34-25+/t30-,32-,33-,35-,36-,37+,38+,39+,40?,42?,43?,44?,45?,47?,51?/m1/s1. The first-order valence-electron chi connectivity index (χ1n) is 23.9. The zero-order valence-electron chi connectivity index (χ0n) is 40.5. The van der Waals surface area contributed by atoms with E-state index in [0.29, 0.717) is 64.2 Å². The summed E-state index contributed by atoms with van der Waals surface area (Å²) in [6.45, 7) is 12.4. The van der Waals surface area contributed by atoms with Gasteiger partial charge in [-0.3, -0.25) is 19.2 Å². The SMILES string of the molecule is COC1C[C@@H]2CC[C@@H](C)C(O)(O2)C(=O)C(=O)N2CCCC[C@H]2C(=O)OC([C@H](C)C[C@@H]2CCC(O)C(OC)C2)CC(=O)[C@H](C)/C=C(\C)C(F)C(OC)C(=O)[C@H](C)C[C@H](C)/C=C/C=C/C=C/1C. The van der Waals surface area contributed by atoms with Crippen molar-refractivity contribution in [2.45, 2.75) is 180 Å². The molecule has 65 heavy (non-hydrogen) atoms. The number of carbonyl (C=O) groups is 5. The summed E-state index contributed by atoms with van der Waals surface area (Å²) in [4.78, 5) is 71.6. The summed E-state index contributed by atoms with van der Waals surface area (Å²) in [6, 6.07) is -1.16. The maximum Gasteiger partial charge on any atom is 0.329 e. The number of cyclic esters (lactones) is 1. The Labute approximate surface area is 386 Å². The third-order valence-electron chi connectivity index (χ3n) is 14.4. The molecule has 13 nitrogen and oxygen atoms in total. The van der Waals surface area contributed by atoms with Crippen LogP contribution in [0.15, 0.2) is 47.6 Å². The van der Waals surface area contributed by atoms with Gasteiger partial charge in [0.05, 0.1) is 24.4 Å². The van der Waals surface area contributed by atoms with Gasteiger partial charge in [0.1, 0.15) is 17.9 Å². The maximum atomic E-state index is 16.2. The second kappa shape index (κ2) is 25.1. The Morgan fingerprint density at radius 1 is 0.877 bits per heavy atom. The maximum absolute atomic E-state index is 16.2. The van der Waals surface area contributed by atoms with Gasteiger partial charge < -0.3 is 38.8 Å².